The lowest BCUT2D eigenvalue weighted by atomic mass is 9.96. The Morgan fingerprint density at radius 3 is 1.93 bits per heavy atom. The first-order valence-corrected chi connectivity index (χ1v) is 10.2. The maximum Gasteiger partial charge on any atom is 0.217 e. The zero-order chi connectivity index (χ0) is 21.7. The van der Waals surface area contributed by atoms with Crippen LogP contribution in [0.2, 0.25) is 0 Å². The monoisotopic (exact) mass is 403 g/mol. The molecule has 4 heteroatoms. The van der Waals surface area contributed by atoms with Crippen molar-refractivity contribution in [3.8, 4) is 28.4 Å². The van der Waals surface area contributed by atoms with E-state index in [1.807, 2.05) is 57.2 Å². The Morgan fingerprint density at radius 2 is 1.40 bits per heavy atom. The van der Waals surface area contributed by atoms with Crippen molar-refractivity contribution in [2.75, 3.05) is 0 Å². The number of nitrogens with one attached hydrogen (secondary N) is 1. The highest BCUT2D eigenvalue weighted by atomic mass is 16.5. The second kappa shape index (κ2) is 9.49. The molecule has 1 N–H and O–H groups in total. The Hall–Kier alpha value is -3.27. The lowest BCUT2D eigenvalue weighted by molar-refractivity contribution is -0.119. The van der Waals surface area contributed by atoms with Gasteiger partial charge in [-0.15, -0.1) is 0 Å². The van der Waals surface area contributed by atoms with Gasteiger partial charge < -0.3 is 14.8 Å². The van der Waals surface area contributed by atoms with Crippen LogP contribution in [0.4, 0.5) is 0 Å². The van der Waals surface area contributed by atoms with Gasteiger partial charge in [0.05, 0.1) is 12.1 Å². The summed E-state index contributed by atoms with van der Waals surface area (Å²) in [5.41, 5.74) is 4.55. The molecule has 4 nitrogen and oxygen atoms in total. The Balaban J connectivity index is 1.70. The lowest BCUT2D eigenvalue weighted by Gasteiger charge is -2.15. The molecule has 0 heterocycles. The van der Waals surface area contributed by atoms with Gasteiger partial charge in [0.2, 0.25) is 5.91 Å². The van der Waals surface area contributed by atoms with Crippen molar-refractivity contribution >= 4 is 5.91 Å². The molecule has 0 saturated carbocycles. The van der Waals surface area contributed by atoms with Crippen LogP contribution in [0, 0.1) is 6.92 Å². The molecule has 0 radical (unpaired) electrons. The van der Waals surface area contributed by atoms with Gasteiger partial charge in [-0.05, 0) is 86.3 Å². The molecule has 0 bridgehead atoms. The number of hydrogen-bond donors (Lipinski definition) is 1. The minimum atomic E-state index is -0.0260. The van der Waals surface area contributed by atoms with E-state index < -0.39 is 0 Å². The van der Waals surface area contributed by atoms with Crippen molar-refractivity contribution in [1.29, 1.82) is 0 Å². The first-order chi connectivity index (χ1) is 14.3. The second-order valence-corrected chi connectivity index (χ2v) is 7.76. The van der Waals surface area contributed by atoms with Crippen molar-refractivity contribution in [2.24, 2.45) is 0 Å². The van der Waals surface area contributed by atoms with Crippen molar-refractivity contribution in [3.63, 3.8) is 0 Å². The molecule has 156 valence electrons. The predicted octanol–water partition coefficient (Wildman–Crippen LogP) is 6.44. The molecule has 0 aromatic heterocycles. The van der Waals surface area contributed by atoms with Crippen molar-refractivity contribution < 1.29 is 14.3 Å². The summed E-state index contributed by atoms with van der Waals surface area (Å²) in [4.78, 5) is 11.3. The maximum atomic E-state index is 11.3. The van der Waals surface area contributed by atoms with Gasteiger partial charge in [0.25, 0.3) is 0 Å². The number of hydrogen-bond acceptors (Lipinski definition) is 3. The van der Waals surface area contributed by atoms with E-state index in [4.69, 9.17) is 9.47 Å². The number of carbonyl (C=O) groups excluding carboxylic acids is 1. The topological polar surface area (TPSA) is 47.6 Å². The fourth-order valence-electron chi connectivity index (χ4n) is 3.37. The SMILES string of the molecule is CC(=O)NC(C)c1ccc(-c2ccc(Oc3ccc(OC(C)C)cc3)cc2)c(C)c1. The van der Waals surface area contributed by atoms with Crippen LogP contribution >= 0.6 is 0 Å². The maximum absolute atomic E-state index is 11.3. The average molecular weight is 404 g/mol. The highest BCUT2D eigenvalue weighted by Crippen LogP contribution is 2.30. The summed E-state index contributed by atoms with van der Waals surface area (Å²) in [6.07, 6.45) is 0.149. The third kappa shape index (κ3) is 5.63. The molecular formula is C26H29NO3. The van der Waals surface area contributed by atoms with Gasteiger partial charge in [-0.2, -0.15) is 0 Å². The summed E-state index contributed by atoms with van der Waals surface area (Å²) in [5.74, 6) is 2.36. The molecule has 0 fully saturated rings. The van der Waals surface area contributed by atoms with Crippen LogP contribution in [0.5, 0.6) is 17.2 Å². The molecule has 1 unspecified atom stereocenters. The van der Waals surface area contributed by atoms with E-state index in [1.54, 1.807) is 0 Å². The van der Waals surface area contributed by atoms with E-state index in [1.165, 1.54) is 12.5 Å². The van der Waals surface area contributed by atoms with Crippen LogP contribution in [-0.4, -0.2) is 12.0 Å². The number of rotatable bonds is 7. The standard InChI is InChI=1S/C26H29NO3/c1-17(2)29-23-11-13-25(14-12-23)30-24-9-6-21(7-10-24)26-15-8-22(16-18(26)3)19(4)27-20(5)28/h6-17,19H,1-5H3,(H,27,28). The molecule has 0 aliphatic rings. The number of aryl methyl sites for hydroxylation is 1. The van der Waals surface area contributed by atoms with Crippen LogP contribution < -0.4 is 14.8 Å². The summed E-state index contributed by atoms with van der Waals surface area (Å²) < 4.78 is 11.6. The largest absolute Gasteiger partial charge is 0.491 e. The van der Waals surface area contributed by atoms with Gasteiger partial charge in [0.1, 0.15) is 17.2 Å². The third-order valence-corrected chi connectivity index (χ3v) is 4.77. The van der Waals surface area contributed by atoms with E-state index >= 15 is 0 Å². The van der Waals surface area contributed by atoms with Crippen LogP contribution in [0.1, 0.15) is 44.9 Å². The number of amides is 1. The Kier molecular flexibility index (Phi) is 6.78. The summed E-state index contributed by atoms with van der Waals surface area (Å²) in [6, 6.07) is 22.0. The van der Waals surface area contributed by atoms with Crippen molar-refractivity contribution in [3.05, 3.63) is 77.9 Å². The first-order valence-electron chi connectivity index (χ1n) is 10.2. The van der Waals surface area contributed by atoms with Gasteiger partial charge in [0.15, 0.2) is 0 Å². The molecule has 3 aromatic rings. The summed E-state index contributed by atoms with van der Waals surface area (Å²) in [5, 5.41) is 2.93. The zero-order valence-electron chi connectivity index (χ0n) is 18.2. The lowest BCUT2D eigenvalue weighted by Crippen LogP contribution is -2.23. The third-order valence-electron chi connectivity index (χ3n) is 4.77. The number of ether oxygens (including phenoxy) is 2. The predicted molar refractivity (Wildman–Crippen MR) is 121 cm³/mol. The second-order valence-electron chi connectivity index (χ2n) is 7.76. The van der Waals surface area contributed by atoms with Gasteiger partial charge in [0, 0.05) is 6.92 Å². The molecule has 1 amide bonds. The quantitative estimate of drug-likeness (QED) is 0.494. The molecule has 0 aliphatic heterocycles. The fraction of sp³-hybridized carbons (Fsp3) is 0.269. The summed E-state index contributed by atoms with van der Waals surface area (Å²) >= 11 is 0. The van der Waals surface area contributed by atoms with E-state index in [0.717, 1.165) is 33.9 Å². The highest BCUT2D eigenvalue weighted by Gasteiger charge is 2.10. The molecule has 1 atom stereocenters. The van der Waals surface area contributed by atoms with Gasteiger partial charge >= 0.3 is 0 Å². The minimum absolute atomic E-state index is 0.0108. The smallest absolute Gasteiger partial charge is 0.217 e. The summed E-state index contributed by atoms with van der Waals surface area (Å²) in [6.45, 7) is 9.62. The Labute approximate surface area is 178 Å². The molecule has 3 rings (SSSR count). The molecule has 30 heavy (non-hydrogen) atoms. The minimum Gasteiger partial charge on any atom is -0.491 e. The average Bonchev–Trinajstić information content (AvgIpc) is 2.69. The molecular weight excluding hydrogens is 374 g/mol. The van der Waals surface area contributed by atoms with Gasteiger partial charge in [-0.25, -0.2) is 0 Å². The number of carbonyl (C=O) groups is 1. The fourth-order valence-corrected chi connectivity index (χ4v) is 3.37. The van der Waals surface area contributed by atoms with Gasteiger partial charge in [-0.3, -0.25) is 4.79 Å². The van der Waals surface area contributed by atoms with E-state index in [0.29, 0.717) is 0 Å². The molecule has 0 spiro atoms. The molecule has 0 aliphatic carbocycles. The van der Waals surface area contributed by atoms with Crippen molar-refractivity contribution in [1.82, 2.24) is 5.32 Å². The highest BCUT2D eigenvalue weighted by molar-refractivity contribution is 5.73. The van der Waals surface area contributed by atoms with Crippen LogP contribution in [0.15, 0.2) is 66.7 Å². The van der Waals surface area contributed by atoms with Crippen LogP contribution in [-0.2, 0) is 4.79 Å². The van der Waals surface area contributed by atoms with Gasteiger partial charge in [-0.1, -0.05) is 30.3 Å². The molecule has 0 saturated heterocycles. The van der Waals surface area contributed by atoms with E-state index in [2.05, 4.69) is 42.6 Å². The Bertz CT molecular complexity index is 992. The first kappa shape index (κ1) is 21.4. The van der Waals surface area contributed by atoms with Crippen LogP contribution in [0.25, 0.3) is 11.1 Å². The Morgan fingerprint density at radius 1 is 0.833 bits per heavy atom. The van der Waals surface area contributed by atoms with E-state index in [9.17, 15) is 4.79 Å². The summed E-state index contributed by atoms with van der Waals surface area (Å²) in [7, 11) is 0. The van der Waals surface area contributed by atoms with E-state index in [-0.39, 0.29) is 18.1 Å². The normalized spacial score (nSPS) is 11.8. The van der Waals surface area contributed by atoms with Crippen LogP contribution in [0.3, 0.4) is 0 Å². The zero-order valence-corrected chi connectivity index (χ0v) is 18.2. The molecule has 3 aromatic carbocycles. The number of benzene rings is 3. The van der Waals surface area contributed by atoms with Crippen molar-refractivity contribution in [2.45, 2.75) is 46.8 Å².